The van der Waals surface area contributed by atoms with Crippen LogP contribution in [-0.4, -0.2) is 75.5 Å². The molecule has 0 spiro atoms. The largest absolute Gasteiger partial charge is 0.497 e. The van der Waals surface area contributed by atoms with Crippen LogP contribution in [0.2, 0.25) is 0 Å². The van der Waals surface area contributed by atoms with Crippen molar-refractivity contribution in [1.82, 2.24) is 35.3 Å². The van der Waals surface area contributed by atoms with Gasteiger partial charge in [-0.05, 0) is 49.3 Å². The molecule has 1 aliphatic rings. The first-order valence-corrected chi connectivity index (χ1v) is 13.8. The lowest BCUT2D eigenvalue weighted by molar-refractivity contribution is 0.0947. The number of benzene rings is 1. The van der Waals surface area contributed by atoms with Crippen molar-refractivity contribution in [3.05, 3.63) is 36.2 Å². The van der Waals surface area contributed by atoms with Gasteiger partial charge in [-0.25, -0.2) is 14.6 Å². The van der Waals surface area contributed by atoms with Gasteiger partial charge in [0, 0.05) is 25.2 Å². The quantitative estimate of drug-likeness (QED) is 0.230. The molecule has 200 valence electrons. The zero-order chi connectivity index (χ0) is 26.5. The van der Waals surface area contributed by atoms with Crippen molar-refractivity contribution in [2.75, 3.05) is 44.5 Å². The van der Waals surface area contributed by atoms with Crippen LogP contribution in [0.4, 0.5) is 5.82 Å². The van der Waals surface area contributed by atoms with Crippen molar-refractivity contribution in [1.29, 1.82) is 0 Å². The minimum atomic E-state index is -0.257. The predicted octanol–water partition coefficient (Wildman–Crippen LogP) is 3.77. The number of thioether (sulfide) groups is 1. The highest BCUT2D eigenvalue weighted by Gasteiger charge is 2.20. The van der Waals surface area contributed by atoms with Crippen molar-refractivity contribution < 1.29 is 14.3 Å². The fourth-order valence-corrected chi connectivity index (χ4v) is 5.15. The van der Waals surface area contributed by atoms with Crippen LogP contribution in [0.15, 0.2) is 35.6 Å². The standard InChI is InChI=1S/C26H32N8O3S/c1-4-38-26-29-23(33-11-6-5-7-12-33)19-16-28-34(24(19)30-26)13-10-27-25(35)21-15-20(31-32-21)18-14-17(36-2)8-9-22(18)37-3/h8-9,14-16H,4-7,10-13H2,1-3H3,(H,27,35)(H,31,32). The molecule has 4 aromatic rings. The normalized spacial score (nSPS) is 13.6. The van der Waals surface area contributed by atoms with Gasteiger partial charge in [-0.2, -0.15) is 10.2 Å². The SMILES string of the molecule is CCSc1nc(N2CCCCC2)c2cnn(CCNC(=O)c3cc(-c4cc(OC)ccc4OC)n[nH]3)c2n1. The Balaban J connectivity index is 1.29. The van der Waals surface area contributed by atoms with E-state index in [9.17, 15) is 4.79 Å². The molecule has 1 aliphatic heterocycles. The molecule has 3 aromatic heterocycles. The number of carbonyl (C=O) groups excluding carboxylic acids is 1. The smallest absolute Gasteiger partial charge is 0.269 e. The minimum absolute atomic E-state index is 0.257. The Morgan fingerprint density at radius 2 is 1.97 bits per heavy atom. The summed E-state index contributed by atoms with van der Waals surface area (Å²) in [6.07, 6.45) is 5.43. The molecule has 1 aromatic carbocycles. The van der Waals surface area contributed by atoms with Crippen molar-refractivity contribution in [3.63, 3.8) is 0 Å². The van der Waals surface area contributed by atoms with Gasteiger partial charge in [-0.15, -0.1) is 0 Å². The number of fused-ring (bicyclic) bond motifs is 1. The fourth-order valence-electron chi connectivity index (χ4n) is 4.59. The second kappa shape index (κ2) is 11.7. The van der Waals surface area contributed by atoms with E-state index in [0.29, 0.717) is 36.0 Å². The first-order chi connectivity index (χ1) is 18.6. The Morgan fingerprint density at radius 1 is 1.13 bits per heavy atom. The number of hydrogen-bond acceptors (Lipinski definition) is 9. The Labute approximate surface area is 225 Å². The first-order valence-electron chi connectivity index (χ1n) is 12.8. The average molecular weight is 537 g/mol. The number of nitrogens with one attached hydrogen (secondary N) is 2. The van der Waals surface area contributed by atoms with Crippen molar-refractivity contribution in [2.24, 2.45) is 0 Å². The number of nitrogens with zero attached hydrogens (tertiary/aromatic N) is 6. The van der Waals surface area contributed by atoms with Gasteiger partial charge in [0.25, 0.3) is 5.91 Å². The molecule has 2 N–H and O–H groups in total. The van der Waals surface area contributed by atoms with Gasteiger partial charge in [-0.3, -0.25) is 9.89 Å². The third-order valence-electron chi connectivity index (χ3n) is 6.50. The number of anilines is 1. The molecule has 11 nitrogen and oxygen atoms in total. The van der Waals surface area contributed by atoms with Crippen LogP contribution in [0.3, 0.4) is 0 Å². The molecule has 12 heteroatoms. The van der Waals surface area contributed by atoms with Gasteiger partial charge in [0.05, 0.1) is 38.0 Å². The highest BCUT2D eigenvalue weighted by molar-refractivity contribution is 7.99. The number of amides is 1. The molecule has 0 unspecified atom stereocenters. The van der Waals surface area contributed by atoms with Crippen LogP contribution in [-0.2, 0) is 6.54 Å². The van der Waals surface area contributed by atoms with E-state index in [-0.39, 0.29) is 5.91 Å². The van der Waals surface area contributed by atoms with E-state index in [4.69, 9.17) is 19.4 Å². The van der Waals surface area contributed by atoms with E-state index in [2.05, 4.69) is 32.4 Å². The summed E-state index contributed by atoms with van der Waals surface area (Å²) in [6.45, 7) is 4.95. The molecule has 0 aliphatic carbocycles. The zero-order valence-corrected chi connectivity index (χ0v) is 22.7. The van der Waals surface area contributed by atoms with Crippen molar-refractivity contribution in [3.8, 4) is 22.8 Å². The van der Waals surface area contributed by atoms with Crippen LogP contribution < -0.4 is 19.7 Å². The third-order valence-corrected chi connectivity index (χ3v) is 7.23. The van der Waals surface area contributed by atoms with Crippen LogP contribution >= 0.6 is 11.8 Å². The number of methoxy groups -OCH3 is 2. The fraction of sp³-hybridized carbons (Fsp3) is 0.423. The molecule has 4 heterocycles. The number of carbonyl (C=O) groups is 1. The number of aromatic nitrogens is 6. The summed E-state index contributed by atoms with van der Waals surface area (Å²) in [5, 5.41) is 16.4. The van der Waals surface area contributed by atoms with E-state index in [1.54, 1.807) is 32.0 Å². The lowest BCUT2D eigenvalue weighted by Crippen LogP contribution is -2.30. The number of piperidine rings is 1. The first kappa shape index (κ1) is 25.8. The second-order valence-corrected chi connectivity index (χ2v) is 10.1. The number of ether oxygens (including phenoxy) is 2. The summed E-state index contributed by atoms with van der Waals surface area (Å²) in [5.41, 5.74) is 2.47. The number of H-pyrrole nitrogens is 1. The average Bonchev–Trinajstić information content (AvgIpc) is 3.61. The molecule has 1 saturated heterocycles. The van der Waals surface area contributed by atoms with E-state index in [0.717, 1.165) is 46.4 Å². The predicted molar refractivity (Wildman–Crippen MR) is 147 cm³/mol. The van der Waals surface area contributed by atoms with Crippen LogP contribution in [0.25, 0.3) is 22.3 Å². The third kappa shape index (κ3) is 5.40. The van der Waals surface area contributed by atoms with Gasteiger partial charge >= 0.3 is 0 Å². The van der Waals surface area contributed by atoms with Crippen LogP contribution in [0.1, 0.15) is 36.7 Å². The molecule has 0 atom stereocenters. The number of aromatic amines is 1. The molecule has 0 saturated carbocycles. The Bertz CT molecular complexity index is 1410. The molecule has 0 bridgehead atoms. The van der Waals surface area contributed by atoms with Gasteiger partial charge in [0.2, 0.25) is 0 Å². The number of rotatable bonds is 10. The maximum absolute atomic E-state index is 12.9. The second-order valence-electron chi connectivity index (χ2n) is 8.90. The van der Waals surface area contributed by atoms with Crippen molar-refractivity contribution in [2.45, 2.75) is 37.9 Å². The Morgan fingerprint density at radius 3 is 2.74 bits per heavy atom. The molecule has 5 rings (SSSR count). The van der Waals surface area contributed by atoms with Crippen LogP contribution in [0, 0.1) is 0 Å². The Hall–Kier alpha value is -3.80. The lowest BCUT2D eigenvalue weighted by atomic mass is 10.1. The summed E-state index contributed by atoms with van der Waals surface area (Å²) in [5.74, 6) is 2.91. The van der Waals surface area contributed by atoms with Crippen molar-refractivity contribution >= 4 is 34.5 Å². The number of hydrogen-bond donors (Lipinski definition) is 2. The van der Waals surface area contributed by atoms with E-state index in [1.807, 2.05) is 29.1 Å². The summed E-state index contributed by atoms with van der Waals surface area (Å²) in [7, 11) is 3.19. The maximum Gasteiger partial charge on any atom is 0.269 e. The summed E-state index contributed by atoms with van der Waals surface area (Å²) < 4.78 is 12.6. The van der Waals surface area contributed by atoms with Gasteiger partial charge in [-0.1, -0.05) is 18.7 Å². The van der Waals surface area contributed by atoms with E-state index < -0.39 is 0 Å². The summed E-state index contributed by atoms with van der Waals surface area (Å²) in [4.78, 5) is 24.8. The molecule has 1 fully saturated rings. The van der Waals surface area contributed by atoms with E-state index in [1.165, 1.54) is 19.3 Å². The lowest BCUT2D eigenvalue weighted by Gasteiger charge is -2.28. The zero-order valence-electron chi connectivity index (χ0n) is 21.9. The summed E-state index contributed by atoms with van der Waals surface area (Å²) >= 11 is 1.62. The topological polar surface area (TPSA) is 123 Å². The van der Waals surface area contributed by atoms with Crippen LogP contribution in [0.5, 0.6) is 11.5 Å². The monoisotopic (exact) mass is 536 g/mol. The molecular weight excluding hydrogens is 504 g/mol. The molecule has 1 amide bonds. The van der Waals surface area contributed by atoms with Gasteiger partial charge in [0.15, 0.2) is 10.8 Å². The summed E-state index contributed by atoms with van der Waals surface area (Å²) in [6, 6.07) is 7.14. The maximum atomic E-state index is 12.9. The molecule has 0 radical (unpaired) electrons. The molecule has 38 heavy (non-hydrogen) atoms. The van der Waals surface area contributed by atoms with E-state index >= 15 is 0 Å². The highest BCUT2D eigenvalue weighted by atomic mass is 32.2. The molecular formula is C26H32N8O3S. The minimum Gasteiger partial charge on any atom is -0.497 e. The van der Waals surface area contributed by atoms with Gasteiger partial charge in [0.1, 0.15) is 23.0 Å². The van der Waals surface area contributed by atoms with Gasteiger partial charge < -0.3 is 19.7 Å². The highest BCUT2D eigenvalue weighted by Crippen LogP contribution is 2.33. The Kier molecular flexibility index (Phi) is 7.97.